The van der Waals surface area contributed by atoms with Crippen LogP contribution in [0.2, 0.25) is 0 Å². The second kappa shape index (κ2) is 6.09. The zero-order chi connectivity index (χ0) is 15.5. The minimum absolute atomic E-state index is 0.0782. The maximum Gasteiger partial charge on any atom is 0.419 e. The molecule has 0 spiro atoms. The van der Waals surface area contributed by atoms with Crippen molar-refractivity contribution in [2.75, 3.05) is 5.32 Å². The molecule has 0 aliphatic carbocycles. The largest absolute Gasteiger partial charge is 0.419 e. The van der Waals surface area contributed by atoms with Gasteiger partial charge in [-0.25, -0.2) is 9.37 Å². The van der Waals surface area contributed by atoms with Crippen molar-refractivity contribution in [2.24, 2.45) is 0 Å². The Labute approximate surface area is 118 Å². The number of halogens is 4. The van der Waals surface area contributed by atoms with Crippen molar-refractivity contribution in [3.8, 4) is 0 Å². The molecular weight excluding hydrogens is 288 g/mol. The molecule has 2 N–H and O–H groups in total. The number of benzene rings is 1. The quantitative estimate of drug-likeness (QED) is 0.851. The van der Waals surface area contributed by atoms with E-state index in [2.05, 4.69) is 10.3 Å². The van der Waals surface area contributed by atoms with E-state index in [4.69, 9.17) is 5.11 Å². The SMILES string of the molecule is OCc1ccc(NCc2ccc(F)c(C(F)(F)F)c2)nc1. The third-order valence-electron chi connectivity index (χ3n) is 2.82. The summed E-state index contributed by atoms with van der Waals surface area (Å²) in [7, 11) is 0. The van der Waals surface area contributed by atoms with Gasteiger partial charge in [0.05, 0.1) is 12.2 Å². The Bertz CT molecular complexity index is 611. The van der Waals surface area contributed by atoms with Crippen molar-refractivity contribution in [3.05, 3.63) is 59.0 Å². The van der Waals surface area contributed by atoms with Gasteiger partial charge >= 0.3 is 6.18 Å². The molecule has 0 saturated carbocycles. The van der Waals surface area contributed by atoms with Gasteiger partial charge in [0.1, 0.15) is 11.6 Å². The van der Waals surface area contributed by atoms with Gasteiger partial charge in [-0.05, 0) is 29.3 Å². The summed E-state index contributed by atoms with van der Waals surface area (Å²) in [5, 5.41) is 11.7. The van der Waals surface area contributed by atoms with Gasteiger partial charge in [0.2, 0.25) is 0 Å². The number of aliphatic hydroxyl groups is 1. The highest BCUT2D eigenvalue weighted by Gasteiger charge is 2.34. The van der Waals surface area contributed by atoms with Gasteiger partial charge < -0.3 is 10.4 Å². The van der Waals surface area contributed by atoms with Crippen LogP contribution in [0, 0.1) is 5.82 Å². The molecule has 0 atom stereocenters. The van der Waals surface area contributed by atoms with Crippen LogP contribution in [0.5, 0.6) is 0 Å². The fourth-order valence-electron chi connectivity index (χ4n) is 1.71. The van der Waals surface area contributed by atoms with Crippen molar-refractivity contribution in [1.29, 1.82) is 0 Å². The second-order valence-corrected chi connectivity index (χ2v) is 4.38. The molecule has 0 saturated heterocycles. The van der Waals surface area contributed by atoms with Crippen LogP contribution in [-0.4, -0.2) is 10.1 Å². The molecule has 0 unspecified atom stereocenters. The molecule has 2 aromatic rings. The van der Waals surface area contributed by atoms with E-state index in [9.17, 15) is 17.6 Å². The van der Waals surface area contributed by atoms with Crippen LogP contribution < -0.4 is 5.32 Å². The van der Waals surface area contributed by atoms with Crippen LogP contribution in [0.3, 0.4) is 0 Å². The molecule has 0 amide bonds. The Kier molecular flexibility index (Phi) is 4.42. The van der Waals surface area contributed by atoms with Crippen molar-refractivity contribution >= 4 is 5.82 Å². The van der Waals surface area contributed by atoms with Crippen LogP contribution in [0.1, 0.15) is 16.7 Å². The summed E-state index contributed by atoms with van der Waals surface area (Å²) in [5.41, 5.74) is -0.371. The number of pyridine rings is 1. The number of nitrogens with one attached hydrogen (secondary N) is 1. The number of hydrogen-bond donors (Lipinski definition) is 2. The van der Waals surface area contributed by atoms with E-state index < -0.39 is 17.6 Å². The molecule has 3 nitrogen and oxygen atoms in total. The van der Waals surface area contributed by atoms with Gasteiger partial charge in [-0.1, -0.05) is 12.1 Å². The van der Waals surface area contributed by atoms with Crippen LogP contribution in [0.25, 0.3) is 0 Å². The van der Waals surface area contributed by atoms with Gasteiger partial charge in [-0.15, -0.1) is 0 Å². The smallest absolute Gasteiger partial charge is 0.392 e. The lowest BCUT2D eigenvalue weighted by atomic mass is 10.1. The molecule has 1 heterocycles. The number of aliphatic hydroxyl groups excluding tert-OH is 1. The van der Waals surface area contributed by atoms with Crippen LogP contribution in [0.15, 0.2) is 36.5 Å². The average molecular weight is 300 g/mol. The standard InChI is InChI=1S/C14H12F4N2O/c15-12-3-1-9(5-11(12)14(16,17)18)6-19-13-4-2-10(8-21)7-20-13/h1-5,7,21H,6,8H2,(H,19,20). The fourth-order valence-corrected chi connectivity index (χ4v) is 1.71. The lowest BCUT2D eigenvalue weighted by molar-refractivity contribution is -0.140. The molecule has 0 aliphatic heterocycles. The van der Waals surface area contributed by atoms with Crippen LogP contribution in [0.4, 0.5) is 23.4 Å². The zero-order valence-electron chi connectivity index (χ0n) is 10.8. The maximum absolute atomic E-state index is 13.1. The van der Waals surface area contributed by atoms with E-state index in [0.717, 1.165) is 12.1 Å². The summed E-state index contributed by atoms with van der Waals surface area (Å²) in [6, 6.07) is 6.08. The molecule has 21 heavy (non-hydrogen) atoms. The minimum Gasteiger partial charge on any atom is -0.392 e. The highest BCUT2D eigenvalue weighted by atomic mass is 19.4. The molecule has 7 heteroatoms. The van der Waals surface area contributed by atoms with E-state index in [1.807, 2.05) is 0 Å². The summed E-state index contributed by atoms with van der Waals surface area (Å²) in [6.07, 6.45) is -3.27. The highest BCUT2D eigenvalue weighted by molar-refractivity contribution is 5.37. The normalized spacial score (nSPS) is 11.5. The first-order valence-corrected chi connectivity index (χ1v) is 6.05. The number of anilines is 1. The van der Waals surface area contributed by atoms with Crippen molar-refractivity contribution < 1.29 is 22.7 Å². The topological polar surface area (TPSA) is 45.1 Å². The number of hydrogen-bond acceptors (Lipinski definition) is 3. The first kappa shape index (κ1) is 15.2. The molecular formula is C14H12F4N2O. The van der Waals surface area contributed by atoms with Crippen molar-refractivity contribution in [3.63, 3.8) is 0 Å². The first-order valence-electron chi connectivity index (χ1n) is 6.05. The molecule has 1 aromatic carbocycles. The predicted molar refractivity (Wildman–Crippen MR) is 68.9 cm³/mol. The first-order chi connectivity index (χ1) is 9.90. The Hall–Kier alpha value is -2.15. The predicted octanol–water partition coefficient (Wildman–Crippen LogP) is 3.34. The second-order valence-electron chi connectivity index (χ2n) is 4.38. The Morgan fingerprint density at radius 1 is 1.10 bits per heavy atom. The number of nitrogens with zero attached hydrogens (tertiary/aromatic N) is 1. The van der Waals surface area contributed by atoms with Crippen LogP contribution in [-0.2, 0) is 19.3 Å². The molecule has 2 rings (SSSR count). The number of alkyl halides is 3. The summed E-state index contributed by atoms with van der Waals surface area (Å²) < 4.78 is 50.9. The lowest BCUT2D eigenvalue weighted by Crippen LogP contribution is -2.10. The van der Waals surface area contributed by atoms with E-state index in [-0.39, 0.29) is 18.7 Å². The lowest BCUT2D eigenvalue weighted by Gasteiger charge is -2.11. The molecule has 0 bridgehead atoms. The highest BCUT2D eigenvalue weighted by Crippen LogP contribution is 2.31. The molecule has 0 radical (unpaired) electrons. The third kappa shape index (κ3) is 3.91. The van der Waals surface area contributed by atoms with E-state index in [1.54, 1.807) is 12.1 Å². The van der Waals surface area contributed by atoms with Crippen molar-refractivity contribution in [2.45, 2.75) is 19.3 Å². The van der Waals surface area contributed by atoms with Gasteiger partial charge in [0, 0.05) is 12.7 Å². The third-order valence-corrected chi connectivity index (χ3v) is 2.82. The average Bonchev–Trinajstić information content (AvgIpc) is 2.45. The molecule has 0 fully saturated rings. The Balaban J connectivity index is 2.09. The van der Waals surface area contributed by atoms with Gasteiger partial charge in [0.25, 0.3) is 0 Å². The zero-order valence-corrected chi connectivity index (χ0v) is 10.8. The number of rotatable bonds is 4. The van der Waals surface area contributed by atoms with Crippen LogP contribution >= 0.6 is 0 Å². The monoisotopic (exact) mass is 300 g/mol. The van der Waals surface area contributed by atoms with Crippen molar-refractivity contribution in [1.82, 2.24) is 4.98 Å². The van der Waals surface area contributed by atoms with Gasteiger partial charge in [-0.2, -0.15) is 13.2 Å². The molecule has 0 aliphatic rings. The number of aromatic nitrogens is 1. The summed E-state index contributed by atoms with van der Waals surface area (Å²) in [5.74, 6) is -0.846. The summed E-state index contributed by atoms with van der Waals surface area (Å²) in [6.45, 7) is -0.0605. The van der Waals surface area contributed by atoms with E-state index >= 15 is 0 Å². The summed E-state index contributed by atoms with van der Waals surface area (Å²) >= 11 is 0. The minimum atomic E-state index is -4.72. The van der Waals surface area contributed by atoms with Gasteiger partial charge in [-0.3, -0.25) is 0 Å². The maximum atomic E-state index is 13.1. The molecule has 112 valence electrons. The Morgan fingerprint density at radius 3 is 2.38 bits per heavy atom. The molecule has 1 aromatic heterocycles. The van der Waals surface area contributed by atoms with E-state index in [1.165, 1.54) is 12.3 Å². The summed E-state index contributed by atoms with van der Waals surface area (Å²) in [4.78, 5) is 3.99. The van der Waals surface area contributed by atoms with E-state index in [0.29, 0.717) is 11.4 Å². The van der Waals surface area contributed by atoms with Gasteiger partial charge in [0.15, 0.2) is 0 Å². The Morgan fingerprint density at radius 2 is 1.81 bits per heavy atom. The fraction of sp³-hybridized carbons (Fsp3) is 0.214.